The van der Waals surface area contributed by atoms with E-state index in [4.69, 9.17) is 9.72 Å². The Hall–Kier alpha value is -1.64. The number of carbonyl (C=O) groups is 1. The molecule has 0 bridgehead atoms. The molecule has 9 heteroatoms. The van der Waals surface area contributed by atoms with Crippen LogP contribution in [0.5, 0.6) is 0 Å². The number of nitrogens with one attached hydrogen (secondary N) is 2. The van der Waals surface area contributed by atoms with E-state index < -0.39 is 0 Å². The summed E-state index contributed by atoms with van der Waals surface area (Å²) >= 11 is 0. The lowest BCUT2D eigenvalue weighted by atomic mass is 9.76. The maximum Gasteiger partial charge on any atom is 0.255 e. The summed E-state index contributed by atoms with van der Waals surface area (Å²) in [4.78, 5) is 37.1. The number of aromatic amines is 1. The Morgan fingerprint density at radius 1 is 1.21 bits per heavy atom. The number of fused-ring (bicyclic) bond motifs is 2. The number of ether oxygens (including phenoxy) is 1. The minimum atomic E-state index is -0.163. The van der Waals surface area contributed by atoms with Crippen molar-refractivity contribution in [1.29, 1.82) is 0 Å². The molecule has 4 rings (SSSR count). The maximum atomic E-state index is 12.7. The fourth-order valence-electron chi connectivity index (χ4n) is 4.60. The molecule has 156 valence electrons. The van der Waals surface area contributed by atoms with Crippen molar-refractivity contribution in [3.8, 4) is 0 Å². The molecule has 0 unspecified atom stereocenters. The first-order valence-electron chi connectivity index (χ1n) is 9.96. The van der Waals surface area contributed by atoms with Crippen LogP contribution in [0.4, 0.5) is 5.95 Å². The number of aromatic nitrogens is 2. The van der Waals surface area contributed by atoms with E-state index in [0.717, 1.165) is 63.1 Å². The van der Waals surface area contributed by atoms with Gasteiger partial charge in [0.2, 0.25) is 11.9 Å². The highest BCUT2D eigenvalue weighted by molar-refractivity contribution is 5.85. The lowest BCUT2D eigenvalue weighted by Crippen LogP contribution is -2.50. The average molecular weight is 412 g/mol. The minimum Gasteiger partial charge on any atom is -0.378 e. The van der Waals surface area contributed by atoms with E-state index >= 15 is 0 Å². The normalized spacial score (nSPS) is 21.9. The number of hydrogen-bond donors (Lipinski definition) is 2. The Bertz CT molecular complexity index is 769. The highest BCUT2D eigenvalue weighted by Crippen LogP contribution is 2.44. The third-order valence-corrected chi connectivity index (χ3v) is 6.51. The molecule has 2 saturated heterocycles. The van der Waals surface area contributed by atoms with Crippen molar-refractivity contribution in [2.24, 2.45) is 0 Å². The summed E-state index contributed by atoms with van der Waals surface area (Å²) in [6.45, 7) is 6.17. The van der Waals surface area contributed by atoms with Crippen LogP contribution in [0.25, 0.3) is 0 Å². The lowest BCUT2D eigenvalue weighted by molar-refractivity contribution is -0.134. The quantitative estimate of drug-likeness (QED) is 0.750. The number of anilines is 1. The zero-order chi connectivity index (χ0) is 19.0. The van der Waals surface area contributed by atoms with Gasteiger partial charge in [0, 0.05) is 37.2 Å². The number of hydrogen-bond acceptors (Lipinski definition) is 6. The molecule has 1 aromatic rings. The van der Waals surface area contributed by atoms with Gasteiger partial charge < -0.3 is 19.9 Å². The monoisotopic (exact) mass is 411 g/mol. The van der Waals surface area contributed by atoms with Crippen molar-refractivity contribution in [3.63, 3.8) is 0 Å². The van der Waals surface area contributed by atoms with Gasteiger partial charge in [-0.2, -0.15) is 0 Å². The number of rotatable bonds is 3. The molecule has 1 aromatic heterocycles. The highest BCUT2D eigenvalue weighted by atomic mass is 35.5. The van der Waals surface area contributed by atoms with E-state index in [-0.39, 0.29) is 35.3 Å². The summed E-state index contributed by atoms with van der Waals surface area (Å²) < 4.78 is 5.41. The standard InChI is InChI=1S/C19H29N5O3.ClH/c1-13(20-2)17(26)23-7-5-19(6-8-23)4-3-14-15(19)21-18(22-16(14)25)24-9-11-27-12-10-24;/h13,20H,3-12H2,1-2H3,(H,21,22,25);1H/t13-;/m0./s1. The summed E-state index contributed by atoms with van der Waals surface area (Å²) in [5, 5.41) is 3.03. The van der Waals surface area contributed by atoms with E-state index in [1.165, 1.54) is 0 Å². The topological polar surface area (TPSA) is 90.6 Å². The Morgan fingerprint density at radius 2 is 1.89 bits per heavy atom. The zero-order valence-electron chi connectivity index (χ0n) is 16.6. The van der Waals surface area contributed by atoms with Gasteiger partial charge in [-0.25, -0.2) is 4.98 Å². The molecule has 3 heterocycles. The Kier molecular flexibility index (Phi) is 6.31. The van der Waals surface area contributed by atoms with Gasteiger partial charge >= 0.3 is 0 Å². The molecule has 2 aliphatic heterocycles. The number of likely N-dealkylation sites (N-methyl/N-ethyl adjacent to an activating group) is 1. The molecule has 3 aliphatic rings. The van der Waals surface area contributed by atoms with Crippen LogP contribution in [-0.4, -0.2) is 73.3 Å². The SMILES string of the molecule is CN[C@@H](C)C(=O)N1CCC2(CCc3c2nc(N2CCOCC2)[nH]c3=O)CC1.Cl. The molecular weight excluding hydrogens is 382 g/mol. The van der Waals surface area contributed by atoms with Crippen LogP contribution in [-0.2, 0) is 21.4 Å². The molecule has 2 N–H and O–H groups in total. The summed E-state index contributed by atoms with van der Waals surface area (Å²) in [6, 6.07) is -0.163. The summed E-state index contributed by atoms with van der Waals surface area (Å²) in [5.74, 6) is 0.823. The van der Waals surface area contributed by atoms with Gasteiger partial charge in [0.1, 0.15) is 0 Å². The number of halogens is 1. The molecule has 0 radical (unpaired) electrons. The number of H-pyrrole nitrogens is 1. The predicted molar refractivity (Wildman–Crippen MR) is 109 cm³/mol. The molecule has 0 aromatic carbocycles. The summed E-state index contributed by atoms with van der Waals surface area (Å²) in [6.07, 6.45) is 3.48. The van der Waals surface area contributed by atoms with Crippen LogP contribution in [0.15, 0.2) is 4.79 Å². The first-order valence-corrected chi connectivity index (χ1v) is 9.96. The van der Waals surface area contributed by atoms with Crippen LogP contribution in [0.3, 0.4) is 0 Å². The third kappa shape index (κ3) is 3.65. The third-order valence-electron chi connectivity index (χ3n) is 6.51. The first kappa shape index (κ1) is 21.1. The van der Waals surface area contributed by atoms with Gasteiger partial charge in [0.15, 0.2) is 0 Å². The number of likely N-dealkylation sites (tertiary alicyclic amines) is 1. The molecule has 2 fully saturated rings. The molecular formula is C19H30ClN5O3. The van der Waals surface area contributed by atoms with Crippen molar-refractivity contribution in [2.45, 2.75) is 44.1 Å². The molecule has 0 saturated carbocycles. The van der Waals surface area contributed by atoms with Crippen molar-refractivity contribution < 1.29 is 9.53 Å². The molecule has 8 nitrogen and oxygen atoms in total. The van der Waals surface area contributed by atoms with Crippen LogP contribution in [0.1, 0.15) is 37.4 Å². The van der Waals surface area contributed by atoms with Crippen LogP contribution < -0.4 is 15.8 Å². The number of piperidine rings is 1. The Balaban J connectivity index is 0.00000225. The van der Waals surface area contributed by atoms with Crippen LogP contribution in [0, 0.1) is 0 Å². The number of morpholine rings is 1. The van der Waals surface area contributed by atoms with Gasteiger partial charge in [-0.1, -0.05) is 0 Å². The van der Waals surface area contributed by atoms with E-state index in [9.17, 15) is 9.59 Å². The second-order valence-corrected chi connectivity index (χ2v) is 7.93. The Labute approximate surface area is 171 Å². The molecule has 1 aliphatic carbocycles. The second-order valence-electron chi connectivity index (χ2n) is 7.93. The van der Waals surface area contributed by atoms with Crippen molar-refractivity contribution >= 4 is 24.3 Å². The van der Waals surface area contributed by atoms with Gasteiger partial charge in [-0.05, 0) is 39.7 Å². The average Bonchev–Trinajstić information content (AvgIpc) is 3.06. The smallest absolute Gasteiger partial charge is 0.255 e. The van der Waals surface area contributed by atoms with E-state index in [1.807, 2.05) is 18.9 Å². The van der Waals surface area contributed by atoms with Crippen molar-refractivity contribution in [1.82, 2.24) is 20.2 Å². The fraction of sp³-hybridized carbons (Fsp3) is 0.737. The fourth-order valence-corrected chi connectivity index (χ4v) is 4.60. The van der Waals surface area contributed by atoms with Crippen molar-refractivity contribution in [3.05, 3.63) is 21.6 Å². The summed E-state index contributed by atoms with van der Waals surface area (Å²) in [5.41, 5.74) is 1.75. The van der Waals surface area contributed by atoms with E-state index in [0.29, 0.717) is 19.2 Å². The highest BCUT2D eigenvalue weighted by Gasteiger charge is 2.45. The lowest BCUT2D eigenvalue weighted by Gasteiger charge is -2.40. The number of amides is 1. The molecule has 1 spiro atoms. The first-order chi connectivity index (χ1) is 13.0. The second kappa shape index (κ2) is 8.39. The molecule has 1 atom stereocenters. The van der Waals surface area contributed by atoms with Crippen LogP contribution in [0.2, 0.25) is 0 Å². The van der Waals surface area contributed by atoms with Gasteiger partial charge in [-0.15, -0.1) is 12.4 Å². The van der Waals surface area contributed by atoms with E-state index in [1.54, 1.807) is 0 Å². The molecule has 1 amide bonds. The largest absolute Gasteiger partial charge is 0.378 e. The maximum absolute atomic E-state index is 12.7. The minimum absolute atomic E-state index is 0. The van der Waals surface area contributed by atoms with Gasteiger partial charge in [0.25, 0.3) is 5.56 Å². The zero-order valence-corrected chi connectivity index (χ0v) is 17.4. The van der Waals surface area contributed by atoms with Crippen LogP contribution >= 0.6 is 12.4 Å². The predicted octanol–water partition coefficient (Wildman–Crippen LogP) is 0.443. The van der Waals surface area contributed by atoms with Gasteiger partial charge in [-0.3, -0.25) is 14.6 Å². The molecule has 28 heavy (non-hydrogen) atoms. The Morgan fingerprint density at radius 3 is 2.54 bits per heavy atom. The van der Waals surface area contributed by atoms with E-state index in [2.05, 4.69) is 15.2 Å². The number of carbonyl (C=O) groups excluding carboxylic acids is 1. The number of nitrogens with zero attached hydrogens (tertiary/aromatic N) is 3. The van der Waals surface area contributed by atoms with Crippen molar-refractivity contribution in [2.75, 3.05) is 51.3 Å². The van der Waals surface area contributed by atoms with Gasteiger partial charge in [0.05, 0.1) is 24.9 Å². The summed E-state index contributed by atoms with van der Waals surface area (Å²) in [7, 11) is 1.81.